The van der Waals surface area contributed by atoms with Gasteiger partial charge >= 0.3 is 0 Å². The highest BCUT2D eigenvalue weighted by Crippen LogP contribution is 2.20. The van der Waals surface area contributed by atoms with Crippen LogP contribution in [0.4, 0.5) is 5.82 Å². The number of aromatic nitrogens is 1. The van der Waals surface area contributed by atoms with E-state index in [2.05, 4.69) is 16.0 Å². The van der Waals surface area contributed by atoms with Gasteiger partial charge in [-0.2, -0.15) is 5.26 Å². The van der Waals surface area contributed by atoms with Crippen molar-refractivity contribution in [1.29, 1.82) is 5.26 Å². The molecule has 1 aromatic heterocycles. The minimum absolute atomic E-state index is 0.00752. The smallest absolute Gasteiger partial charge is 0.254 e. The molecule has 0 bridgehead atoms. The van der Waals surface area contributed by atoms with E-state index in [0.29, 0.717) is 49.7 Å². The summed E-state index contributed by atoms with van der Waals surface area (Å²) < 4.78 is 5.62. The van der Waals surface area contributed by atoms with Crippen molar-refractivity contribution >= 4 is 11.7 Å². The van der Waals surface area contributed by atoms with Crippen LogP contribution in [-0.2, 0) is 0 Å². The number of nitriles is 1. The number of amides is 1. The van der Waals surface area contributed by atoms with Crippen molar-refractivity contribution in [2.75, 3.05) is 37.7 Å². The molecule has 0 spiro atoms. The Bertz CT molecular complexity index is 807. The molecule has 6 heteroatoms. The van der Waals surface area contributed by atoms with Gasteiger partial charge in [0.05, 0.1) is 12.2 Å². The molecule has 6 nitrogen and oxygen atoms in total. The van der Waals surface area contributed by atoms with E-state index >= 15 is 0 Å². The fraction of sp³-hybridized carbons (Fsp3) is 0.350. The Kier molecular flexibility index (Phi) is 5.69. The van der Waals surface area contributed by atoms with Crippen LogP contribution >= 0.6 is 0 Å². The molecule has 1 aliphatic heterocycles. The summed E-state index contributed by atoms with van der Waals surface area (Å²) in [7, 11) is 0. The molecule has 1 saturated heterocycles. The molecule has 134 valence electrons. The quantitative estimate of drug-likeness (QED) is 0.829. The zero-order valence-electron chi connectivity index (χ0n) is 14.9. The third kappa shape index (κ3) is 3.94. The number of benzene rings is 1. The fourth-order valence-electron chi connectivity index (χ4n) is 2.98. The Balaban J connectivity index is 1.64. The van der Waals surface area contributed by atoms with Crippen LogP contribution in [0, 0.1) is 11.3 Å². The number of nitrogens with zero attached hydrogens (tertiary/aromatic N) is 4. The molecular weight excluding hydrogens is 328 g/mol. The number of ether oxygens (including phenoxy) is 1. The van der Waals surface area contributed by atoms with Crippen LogP contribution in [0.5, 0.6) is 5.75 Å². The highest BCUT2D eigenvalue weighted by atomic mass is 16.5. The second kappa shape index (κ2) is 8.34. The van der Waals surface area contributed by atoms with E-state index in [4.69, 9.17) is 4.74 Å². The Morgan fingerprint density at radius 2 is 2.04 bits per heavy atom. The molecule has 0 N–H and O–H groups in total. The van der Waals surface area contributed by atoms with Crippen LogP contribution < -0.4 is 9.64 Å². The van der Waals surface area contributed by atoms with E-state index in [0.717, 1.165) is 12.2 Å². The molecule has 0 radical (unpaired) electrons. The van der Waals surface area contributed by atoms with Crippen molar-refractivity contribution < 1.29 is 9.53 Å². The highest BCUT2D eigenvalue weighted by Gasteiger charge is 2.24. The standard InChI is InChI=1S/C20H22N4O2/c1-2-13-26-18-7-3-5-16(14-18)20(25)24-11-9-23(10-12-24)19-17(15-21)6-4-8-22-19/h3-8,14H,2,9-13H2,1H3. The van der Waals surface area contributed by atoms with Gasteiger partial charge in [-0.25, -0.2) is 4.98 Å². The monoisotopic (exact) mass is 350 g/mol. The minimum Gasteiger partial charge on any atom is -0.494 e. The third-order valence-corrected chi connectivity index (χ3v) is 4.33. The molecule has 0 aliphatic carbocycles. The lowest BCUT2D eigenvalue weighted by Crippen LogP contribution is -2.49. The molecule has 3 rings (SSSR count). The number of carbonyl (C=O) groups excluding carboxylic acids is 1. The Morgan fingerprint density at radius 3 is 2.77 bits per heavy atom. The Morgan fingerprint density at radius 1 is 1.23 bits per heavy atom. The van der Waals surface area contributed by atoms with Gasteiger partial charge in [0, 0.05) is 37.9 Å². The molecule has 1 aliphatic rings. The summed E-state index contributed by atoms with van der Waals surface area (Å²) in [5.41, 5.74) is 1.20. The number of hydrogen-bond acceptors (Lipinski definition) is 5. The average Bonchev–Trinajstić information content (AvgIpc) is 2.72. The first-order valence-electron chi connectivity index (χ1n) is 8.85. The predicted octanol–water partition coefficient (Wildman–Crippen LogP) is 2.70. The first-order chi connectivity index (χ1) is 12.7. The average molecular weight is 350 g/mol. The van der Waals surface area contributed by atoms with Gasteiger partial charge in [0.2, 0.25) is 0 Å². The number of hydrogen-bond donors (Lipinski definition) is 0. The van der Waals surface area contributed by atoms with Gasteiger partial charge in [0.1, 0.15) is 17.6 Å². The SMILES string of the molecule is CCCOc1cccc(C(=O)N2CCN(c3ncccc3C#N)CC2)c1. The normalized spacial score (nSPS) is 14.0. The summed E-state index contributed by atoms with van der Waals surface area (Å²) in [5, 5.41) is 9.23. The molecule has 1 aromatic carbocycles. The highest BCUT2D eigenvalue weighted by molar-refractivity contribution is 5.94. The van der Waals surface area contributed by atoms with Crippen molar-refractivity contribution in [3.8, 4) is 11.8 Å². The summed E-state index contributed by atoms with van der Waals surface area (Å²) in [6.07, 6.45) is 2.62. The molecular formula is C20H22N4O2. The Hall–Kier alpha value is -3.07. The Labute approximate surface area is 153 Å². The summed E-state index contributed by atoms with van der Waals surface area (Å²) in [6.45, 7) is 5.20. The number of piperazine rings is 1. The summed E-state index contributed by atoms with van der Waals surface area (Å²) in [5.74, 6) is 1.42. The van der Waals surface area contributed by atoms with Crippen molar-refractivity contribution in [1.82, 2.24) is 9.88 Å². The van der Waals surface area contributed by atoms with Gasteiger partial charge in [-0.15, -0.1) is 0 Å². The molecule has 1 amide bonds. The van der Waals surface area contributed by atoms with Crippen LogP contribution in [-0.4, -0.2) is 48.6 Å². The first kappa shape index (κ1) is 17.7. The second-order valence-corrected chi connectivity index (χ2v) is 6.14. The van der Waals surface area contributed by atoms with Gasteiger partial charge in [-0.05, 0) is 36.8 Å². The van der Waals surface area contributed by atoms with Crippen LogP contribution in [0.1, 0.15) is 29.3 Å². The van der Waals surface area contributed by atoms with E-state index in [-0.39, 0.29) is 5.91 Å². The van der Waals surface area contributed by atoms with Gasteiger partial charge in [-0.1, -0.05) is 13.0 Å². The third-order valence-electron chi connectivity index (χ3n) is 4.33. The molecule has 2 aromatic rings. The molecule has 1 fully saturated rings. The lowest BCUT2D eigenvalue weighted by Gasteiger charge is -2.35. The number of carbonyl (C=O) groups is 1. The van der Waals surface area contributed by atoms with Crippen LogP contribution in [0.2, 0.25) is 0 Å². The fourth-order valence-corrected chi connectivity index (χ4v) is 2.98. The van der Waals surface area contributed by atoms with Crippen LogP contribution in [0.25, 0.3) is 0 Å². The number of rotatable bonds is 5. The predicted molar refractivity (Wildman–Crippen MR) is 99.3 cm³/mol. The van der Waals surface area contributed by atoms with Gasteiger partial charge in [-0.3, -0.25) is 4.79 Å². The number of anilines is 1. The minimum atomic E-state index is 0.00752. The molecule has 0 atom stereocenters. The van der Waals surface area contributed by atoms with Crippen LogP contribution in [0.15, 0.2) is 42.6 Å². The van der Waals surface area contributed by atoms with Gasteiger partial charge in [0.25, 0.3) is 5.91 Å². The maximum absolute atomic E-state index is 12.8. The second-order valence-electron chi connectivity index (χ2n) is 6.14. The van der Waals surface area contributed by atoms with Crippen molar-refractivity contribution in [3.63, 3.8) is 0 Å². The maximum Gasteiger partial charge on any atom is 0.254 e. The molecule has 2 heterocycles. The maximum atomic E-state index is 12.8. The summed E-state index contributed by atoms with van der Waals surface area (Å²) in [6, 6.07) is 13.0. The molecule has 0 unspecified atom stereocenters. The van der Waals surface area contributed by atoms with Gasteiger partial charge in [0.15, 0.2) is 0 Å². The summed E-state index contributed by atoms with van der Waals surface area (Å²) in [4.78, 5) is 21.0. The number of pyridine rings is 1. The first-order valence-corrected chi connectivity index (χ1v) is 8.85. The lowest BCUT2D eigenvalue weighted by molar-refractivity contribution is 0.0746. The zero-order chi connectivity index (χ0) is 18.4. The molecule has 0 saturated carbocycles. The van der Waals surface area contributed by atoms with E-state index in [1.54, 1.807) is 24.4 Å². The van der Waals surface area contributed by atoms with Crippen LogP contribution in [0.3, 0.4) is 0 Å². The van der Waals surface area contributed by atoms with Crippen molar-refractivity contribution in [2.45, 2.75) is 13.3 Å². The van der Waals surface area contributed by atoms with Crippen molar-refractivity contribution in [3.05, 3.63) is 53.7 Å². The van der Waals surface area contributed by atoms with E-state index in [1.165, 1.54) is 0 Å². The van der Waals surface area contributed by atoms with E-state index in [9.17, 15) is 10.1 Å². The zero-order valence-corrected chi connectivity index (χ0v) is 14.9. The van der Waals surface area contributed by atoms with Crippen molar-refractivity contribution in [2.24, 2.45) is 0 Å². The van der Waals surface area contributed by atoms with E-state index < -0.39 is 0 Å². The van der Waals surface area contributed by atoms with Gasteiger partial charge < -0.3 is 14.5 Å². The topological polar surface area (TPSA) is 69.5 Å². The molecule has 26 heavy (non-hydrogen) atoms. The lowest BCUT2D eigenvalue weighted by atomic mass is 10.1. The van der Waals surface area contributed by atoms with E-state index in [1.807, 2.05) is 30.0 Å². The largest absolute Gasteiger partial charge is 0.494 e. The summed E-state index contributed by atoms with van der Waals surface area (Å²) >= 11 is 0.